The summed E-state index contributed by atoms with van der Waals surface area (Å²) in [5, 5.41) is 4.08. The minimum Gasteiger partial charge on any atom is -0.273 e. The molecule has 118 valence electrons. The van der Waals surface area contributed by atoms with Crippen molar-refractivity contribution in [2.75, 3.05) is 0 Å². The molecule has 1 aliphatic carbocycles. The van der Waals surface area contributed by atoms with E-state index in [0.29, 0.717) is 6.42 Å². The van der Waals surface area contributed by atoms with Crippen molar-refractivity contribution >= 4 is 35.3 Å². The molecule has 0 heterocycles. The summed E-state index contributed by atoms with van der Waals surface area (Å²) in [7, 11) is 0. The molecule has 0 bridgehead atoms. The number of rotatable bonds is 5. The fourth-order valence-electron chi connectivity index (χ4n) is 2.60. The zero-order chi connectivity index (χ0) is 16.3. The number of nitrogens with zero attached hydrogens (tertiary/aromatic N) is 1. The highest BCUT2D eigenvalue weighted by molar-refractivity contribution is 6.53. The first-order chi connectivity index (χ1) is 11.0. The fraction of sp³-hybridized carbons (Fsp3) is 0.222. The van der Waals surface area contributed by atoms with Gasteiger partial charge in [-0.3, -0.25) is 4.79 Å². The number of hydrazone groups is 1. The molecule has 2 aromatic rings. The van der Waals surface area contributed by atoms with E-state index in [1.807, 2.05) is 60.7 Å². The first-order valence-electron chi connectivity index (χ1n) is 7.34. The van der Waals surface area contributed by atoms with Gasteiger partial charge in [-0.2, -0.15) is 5.10 Å². The Hall–Kier alpha value is -1.84. The van der Waals surface area contributed by atoms with Gasteiger partial charge < -0.3 is 0 Å². The second-order valence-electron chi connectivity index (χ2n) is 5.67. The van der Waals surface area contributed by atoms with Crippen molar-refractivity contribution in [1.82, 2.24) is 5.43 Å². The van der Waals surface area contributed by atoms with E-state index < -0.39 is 9.75 Å². The van der Waals surface area contributed by atoms with Crippen molar-refractivity contribution in [3.05, 3.63) is 71.8 Å². The lowest BCUT2D eigenvalue weighted by atomic mass is 9.97. The van der Waals surface area contributed by atoms with E-state index in [1.54, 1.807) is 6.21 Å². The minimum absolute atomic E-state index is 0.175. The monoisotopic (exact) mass is 346 g/mol. The Kier molecular flexibility index (Phi) is 4.42. The molecule has 1 N–H and O–H groups in total. The zero-order valence-electron chi connectivity index (χ0n) is 12.4. The Balaban J connectivity index is 1.66. The molecular weight excluding hydrogens is 331 g/mol. The number of halogens is 2. The molecule has 0 aliphatic heterocycles. The molecule has 0 radical (unpaired) electrons. The number of benzene rings is 2. The van der Waals surface area contributed by atoms with Crippen molar-refractivity contribution in [3.8, 4) is 0 Å². The van der Waals surface area contributed by atoms with Gasteiger partial charge in [-0.1, -0.05) is 60.7 Å². The predicted octanol–water partition coefficient (Wildman–Crippen LogP) is 3.85. The molecule has 3 nitrogen and oxygen atoms in total. The number of amides is 1. The first-order valence-corrected chi connectivity index (χ1v) is 8.09. The highest BCUT2D eigenvalue weighted by Gasteiger charge is 2.66. The van der Waals surface area contributed by atoms with Gasteiger partial charge in [-0.25, -0.2) is 5.43 Å². The van der Waals surface area contributed by atoms with Crippen molar-refractivity contribution in [2.24, 2.45) is 5.10 Å². The Morgan fingerprint density at radius 1 is 1.09 bits per heavy atom. The Bertz CT molecular complexity index is 716. The molecule has 23 heavy (non-hydrogen) atoms. The van der Waals surface area contributed by atoms with Crippen LogP contribution in [0.3, 0.4) is 0 Å². The third-order valence-electron chi connectivity index (χ3n) is 4.00. The van der Waals surface area contributed by atoms with Gasteiger partial charge in [0, 0.05) is 6.21 Å². The van der Waals surface area contributed by atoms with Gasteiger partial charge in [-0.05, 0) is 17.5 Å². The largest absolute Gasteiger partial charge is 0.273 e. The van der Waals surface area contributed by atoms with Crippen molar-refractivity contribution in [2.45, 2.75) is 22.6 Å². The van der Waals surface area contributed by atoms with Crippen molar-refractivity contribution in [1.29, 1.82) is 0 Å². The highest BCUT2D eigenvalue weighted by atomic mass is 35.5. The fourth-order valence-corrected chi connectivity index (χ4v) is 3.34. The van der Waals surface area contributed by atoms with E-state index in [2.05, 4.69) is 10.5 Å². The van der Waals surface area contributed by atoms with Gasteiger partial charge in [0.25, 0.3) is 0 Å². The molecule has 1 saturated carbocycles. The lowest BCUT2D eigenvalue weighted by Gasteiger charge is -2.13. The number of carbonyl (C=O) groups is 1. The summed E-state index contributed by atoms with van der Waals surface area (Å²) in [6.45, 7) is 0. The molecule has 5 heteroatoms. The predicted molar refractivity (Wildman–Crippen MR) is 94.0 cm³/mol. The van der Waals surface area contributed by atoms with Crippen molar-refractivity contribution in [3.63, 3.8) is 0 Å². The summed E-state index contributed by atoms with van der Waals surface area (Å²) >= 11 is 12.6. The van der Waals surface area contributed by atoms with Crippen molar-refractivity contribution < 1.29 is 4.79 Å². The standard InChI is InChI=1S/C18H16Cl2N2O/c19-18(20)12-17(18,15-9-5-2-6-10-15)13-21-22-16(23)11-14-7-3-1-4-8-14/h1-10,13H,11-12H2,(H,22,23)/b21-13-/t17-/m1/s1. The second-order valence-corrected chi connectivity index (χ2v) is 7.16. The molecular formula is C18H16Cl2N2O. The molecule has 0 aromatic heterocycles. The van der Waals surface area contributed by atoms with Crippen LogP contribution in [0.1, 0.15) is 17.5 Å². The van der Waals surface area contributed by atoms with Crippen LogP contribution < -0.4 is 5.43 Å². The quantitative estimate of drug-likeness (QED) is 0.498. The number of hydrogen-bond acceptors (Lipinski definition) is 2. The number of carbonyl (C=O) groups excluding carboxylic acids is 1. The second kappa shape index (κ2) is 6.34. The lowest BCUT2D eigenvalue weighted by Crippen LogP contribution is -2.23. The van der Waals surface area contributed by atoms with E-state index in [0.717, 1.165) is 11.1 Å². The topological polar surface area (TPSA) is 41.5 Å². The number of alkyl halides is 2. The maximum absolute atomic E-state index is 11.9. The van der Waals surface area contributed by atoms with Gasteiger partial charge in [0.15, 0.2) is 0 Å². The van der Waals surface area contributed by atoms with E-state index in [1.165, 1.54) is 0 Å². The van der Waals surface area contributed by atoms with E-state index in [9.17, 15) is 4.79 Å². The summed E-state index contributed by atoms with van der Waals surface area (Å²) < 4.78 is -0.887. The van der Waals surface area contributed by atoms with Crippen LogP contribution in [0.2, 0.25) is 0 Å². The van der Waals surface area contributed by atoms with E-state index in [4.69, 9.17) is 23.2 Å². The van der Waals surface area contributed by atoms with Gasteiger partial charge in [0.05, 0.1) is 11.8 Å². The maximum atomic E-state index is 11.9. The van der Waals surface area contributed by atoms with Gasteiger partial charge in [0.1, 0.15) is 4.33 Å². The molecule has 1 amide bonds. The smallest absolute Gasteiger partial charge is 0.244 e. The average Bonchev–Trinajstić information content (AvgIpc) is 3.12. The summed E-state index contributed by atoms with van der Waals surface area (Å²) in [6.07, 6.45) is 2.50. The molecule has 3 rings (SSSR count). The van der Waals surface area contributed by atoms with Crippen LogP contribution in [0, 0.1) is 0 Å². The zero-order valence-corrected chi connectivity index (χ0v) is 13.9. The molecule has 0 spiro atoms. The SMILES string of the molecule is O=C(Cc1ccccc1)N/N=C\[C@@]1(c2ccccc2)CC1(Cl)Cl. The summed E-state index contributed by atoms with van der Waals surface area (Å²) in [6, 6.07) is 19.2. The average molecular weight is 347 g/mol. The molecule has 2 aromatic carbocycles. The van der Waals surface area contributed by atoms with Gasteiger partial charge in [0.2, 0.25) is 5.91 Å². The molecule has 1 fully saturated rings. The van der Waals surface area contributed by atoms with Crippen LogP contribution >= 0.6 is 23.2 Å². The van der Waals surface area contributed by atoms with Crippen LogP contribution in [-0.4, -0.2) is 16.5 Å². The maximum Gasteiger partial charge on any atom is 0.244 e. The minimum atomic E-state index is -0.887. The summed E-state index contributed by atoms with van der Waals surface area (Å²) in [5.41, 5.74) is 3.93. The summed E-state index contributed by atoms with van der Waals surface area (Å²) in [4.78, 5) is 11.9. The van der Waals surface area contributed by atoms with Crippen LogP contribution in [0.15, 0.2) is 65.8 Å². The van der Waals surface area contributed by atoms with E-state index in [-0.39, 0.29) is 12.3 Å². The molecule has 0 saturated heterocycles. The van der Waals surface area contributed by atoms with Gasteiger partial charge in [-0.15, -0.1) is 23.2 Å². The Labute approximate surface area is 145 Å². The van der Waals surface area contributed by atoms with E-state index >= 15 is 0 Å². The van der Waals surface area contributed by atoms with Crippen LogP contribution in [-0.2, 0) is 16.6 Å². The summed E-state index contributed by atoms with van der Waals surface area (Å²) in [5.74, 6) is -0.175. The third-order valence-corrected chi connectivity index (χ3v) is 4.94. The van der Waals surface area contributed by atoms with Crippen LogP contribution in [0.25, 0.3) is 0 Å². The lowest BCUT2D eigenvalue weighted by molar-refractivity contribution is -0.120. The molecule has 0 unspecified atom stereocenters. The molecule has 1 atom stereocenters. The molecule has 1 aliphatic rings. The Morgan fingerprint density at radius 3 is 2.22 bits per heavy atom. The number of hydrogen-bond donors (Lipinski definition) is 1. The van der Waals surface area contributed by atoms with Gasteiger partial charge >= 0.3 is 0 Å². The first kappa shape index (κ1) is 16.0. The highest BCUT2D eigenvalue weighted by Crippen LogP contribution is 2.63. The Morgan fingerprint density at radius 2 is 1.65 bits per heavy atom. The van der Waals surface area contributed by atoms with Crippen LogP contribution in [0.5, 0.6) is 0 Å². The third kappa shape index (κ3) is 3.41. The van der Waals surface area contributed by atoms with Crippen LogP contribution in [0.4, 0.5) is 0 Å². The number of nitrogens with one attached hydrogen (secondary N) is 1. The normalized spacial score (nSPS) is 22.0.